The highest BCUT2D eigenvalue weighted by Gasteiger charge is 2.13. The number of ether oxygens (including phenoxy) is 1. The number of benzene rings is 1. The van der Waals surface area contributed by atoms with Gasteiger partial charge in [0.1, 0.15) is 12.3 Å². The van der Waals surface area contributed by atoms with Crippen molar-refractivity contribution in [2.45, 2.75) is 6.54 Å². The van der Waals surface area contributed by atoms with Crippen molar-refractivity contribution in [3.8, 4) is 5.75 Å². The molecule has 2 aromatic rings. The number of methoxy groups -OCH3 is 1. The number of aromatic nitrogens is 1. The highest BCUT2D eigenvalue weighted by Crippen LogP contribution is 2.18. The van der Waals surface area contributed by atoms with Crippen LogP contribution in [0.15, 0.2) is 27.4 Å². The third kappa shape index (κ3) is 1.65. The molecule has 1 heterocycles. The van der Waals surface area contributed by atoms with Gasteiger partial charge in [-0.05, 0) is 12.1 Å². The minimum atomic E-state index is -0.661. The summed E-state index contributed by atoms with van der Waals surface area (Å²) in [6.45, 7) is -0.244. The number of hydrogen-bond acceptors (Lipinski definition) is 5. The quantitative estimate of drug-likeness (QED) is 0.748. The van der Waals surface area contributed by atoms with Gasteiger partial charge in [0.2, 0.25) is 0 Å². The first-order chi connectivity index (χ1) is 7.61. The minimum absolute atomic E-state index is 0.00749. The van der Waals surface area contributed by atoms with Crippen LogP contribution in [0.1, 0.15) is 0 Å². The van der Waals surface area contributed by atoms with E-state index in [1.165, 1.54) is 25.3 Å². The summed E-state index contributed by atoms with van der Waals surface area (Å²) in [4.78, 5) is 22.5. The van der Waals surface area contributed by atoms with E-state index < -0.39 is 11.7 Å². The number of hydrogen-bond donors (Lipinski definition) is 1. The Labute approximate surface area is 89.7 Å². The van der Waals surface area contributed by atoms with Gasteiger partial charge in [0.15, 0.2) is 5.58 Å². The first-order valence-electron chi connectivity index (χ1n) is 4.51. The standard InChI is InChI=1S/C10H9NO5/c1-15-9(13)5-11-7-4-6(12)2-3-8(7)16-10(11)14/h2-4,12H,5H2,1H3. The van der Waals surface area contributed by atoms with E-state index in [2.05, 4.69) is 4.74 Å². The highest BCUT2D eigenvalue weighted by atomic mass is 16.5. The van der Waals surface area contributed by atoms with Gasteiger partial charge in [-0.2, -0.15) is 0 Å². The summed E-state index contributed by atoms with van der Waals surface area (Å²) in [6.07, 6.45) is 0. The molecule has 0 saturated carbocycles. The van der Waals surface area contributed by atoms with Crippen LogP contribution in [-0.4, -0.2) is 22.8 Å². The number of carbonyl (C=O) groups excluding carboxylic acids is 1. The van der Waals surface area contributed by atoms with Gasteiger partial charge in [0.25, 0.3) is 0 Å². The molecule has 0 atom stereocenters. The van der Waals surface area contributed by atoms with Gasteiger partial charge in [-0.1, -0.05) is 0 Å². The van der Waals surface area contributed by atoms with E-state index in [1.54, 1.807) is 0 Å². The molecule has 1 aromatic carbocycles. The Balaban J connectivity index is 2.58. The average molecular weight is 223 g/mol. The average Bonchev–Trinajstić information content (AvgIpc) is 2.55. The van der Waals surface area contributed by atoms with E-state index in [0.717, 1.165) is 4.57 Å². The lowest BCUT2D eigenvalue weighted by Crippen LogP contribution is -2.20. The number of rotatable bonds is 2. The molecule has 0 aliphatic heterocycles. The molecule has 16 heavy (non-hydrogen) atoms. The number of carbonyl (C=O) groups is 1. The van der Waals surface area contributed by atoms with Crippen LogP contribution in [0, 0.1) is 0 Å². The van der Waals surface area contributed by atoms with Crippen molar-refractivity contribution in [3.05, 3.63) is 28.7 Å². The maximum absolute atomic E-state index is 11.4. The zero-order chi connectivity index (χ0) is 11.7. The van der Waals surface area contributed by atoms with E-state index in [-0.39, 0.29) is 12.3 Å². The summed E-state index contributed by atoms with van der Waals surface area (Å²) in [6, 6.07) is 4.21. The van der Waals surface area contributed by atoms with Crippen molar-refractivity contribution < 1.29 is 19.1 Å². The molecule has 0 aliphatic rings. The number of phenols is 1. The third-order valence-electron chi connectivity index (χ3n) is 2.17. The molecule has 6 heteroatoms. The number of aromatic hydroxyl groups is 1. The lowest BCUT2D eigenvalue weighted by molar-refractivity contribution is -0.141. The van der Waals surface area contributed by atoms with E-state index in [4.69, 9.17) is 4.42 Å². The fourth-order valence-corrected chi connectivity index (χ4v) is 1.39. The lowest BCUT2D eigenvalue weighted by Gasteiger charge is -2.00. The lowest BCUT2D eigenvalue weighted by atomic mass is 10.3. The monoisotopic (exact) mass is 223 g/mol. The summed E-state index contributed by atoms with van der Waals surface area (Å²) in [5, 5.41) is 9.28. The highest BCUT2D eigenvalue weighted by molar-refractivity contribution is 5.77. The largest absolute Gasteiger partial charge is 0.508 e. The van der Waals surface area contributed by atoms with Crippen LogP contribution in [0.3, 0.4) is 0 Å². The van der Waals surface area contributed by atoms with E-state index in [1.807, 2.05) is 0 Å². The number of nitrogens with zero attached hydrogens (tertiary/aromatic N) is 1. The van der Waals surface area contributed by atoms with Crippen molar-refractivity contribution >= 4 is 17.1 Å². The SMILES string of the molecule is COC(=O)Cn1c(=O)oc2ccc(O)cc21. The molecule has 0 unspecified atom stereocenters. The molecule has 84 valence electrons. The molecule has 0 saturated heterocycles. The second-order valence-corrected chi connectivity index (χ2v) is 3.18. The first kappa shape index (κ1) is 10.3. The predicted octanol–water partition coefficient (Wildman–Crippen LogP) is 0.473. The summed E-state index contributed by atoms with van der Waals surface area (Å²) in [5.74, 6) is -1.23. The molecule has 1 aromatic heterocycles. The molecule has 1 N–H and O–H groups in total. The predicted molar refractivity (Wildman–Crippen MR) is 54.2 cm³/mol. The van der Waals surface area contributed by atoms with E-state index >= 15 is 0 Å². The van der Waals surface area contributed by atoms with Crippen molar-refractivity contribution in [1.82, 2.24) is 4.57 Å². The Hall–Kier alpha value is -2.24. The number of oxazole rings is 1. The minimum Gasteiger partial charge on any atom is -0.508 e. The van der Waals surface area contributed by atoms with Gasteiger partial charge in [0, 0.05) is 6.07 Å². The molecular formula is C10H9NO5. The topological polar surface area (TPSA) is 81.7 Å². The fraction of sp³-hybridized carbons (Fsp3) is 0.200. The summed E-state index contributed by atoms with van der Waals surface area (Å²) in [5.41, 5.74) is 0.669. The summed E-state index contributed by atoms with van der Waals surface area (Å²) < 4.78 is 10.4. The molecule has 0 spiro atoms. The Morgan fingerprint density at radius 2 is 2.31 bits per heavy atom. The van der Waals surface area contributed by atoms with Crippen LogP contribution in [-0.2, 0) is 16.1 Å². The molecule has 0 bridgehead atoms. The zero-order valence-electron chi connectivity index (χ0n) is 8.47. The number of fused-ring (bicyclic) bond motifs is 1. The van der Waals surface area contributed by atoms with Crippen LogP contribution < -0.4 is 5.76 Å². The second kappa shape index (κ2) is 3.73. The zero-order valence-corrected chi connectivity index (χ0v) is 8.47. The smallest absolute Gasteiger partial charge is 0.420 e. The van der Waals surface area contributed by atoms with Crippen molar-refractivity contribution in [2.75, 3.05) is 7.11 Å². The molecule has 2 rings (SSSR count). The molecule has 0 fully saturated rings. The van der Waals surface area contributed by atoms with Gasteiger partial charge >= 0.3 is 11.7 Å². The molecule has 0 amide bonds. The van der Waals surface area contributed by atoms with Gasteiger partial charge in [-0.3, -0.25) is 9.36 Å². The van der Waals surface area contributed by atoms with Crippen molar-refractivity contribution in [3.63, 3.8) is 0 Å². The van der Waals surface area contributed by atoms with Crippen molar-refractivity contribution in [2.24, 2.45) is 0 Å². The molecule has 0 aliphatic carbocycles. The van der Waals surface area contributed by atoms with Crippen LogP contribution in [0.25, 0.3) is 11.1 Å². The van der Waals surface area contributed by atoms with E-state index in [0.29, 0.717) is 11.1 Å². The molecule has 0 radical (unpaired) electrons. The summed E-state index contributed by atoms with van der Waals surface area (Å²) >= 11 is 0. The van der Waals surface area contributed by atoms with Crippen molar-refractivity contribution in [1.29, 1.82) is 0 Å². The van der Waals surface area contributed by atoms with Crippen LogP contribution in [0.4, 0.5) is 0 Å². The van der Waals surface area contributed by atoms with Crippen LogP contribution >= 0.6 is 0 Å². The third-order valence-corrected chi connectivity index (χ3v) is 2.17. The summed E-state index contributed by atoms with van der Waals surface area (Å²) in [7, 11) is 1.23. The Kier molecular flexibility index (Phi) is 2.40. The maximum atomic E-state index is 11.4. The van der Waals surface area contributed by atoms with Gasteiger partial charge < -0.3 is 14.3 Å². The Morgan fingerprint density at radius 1 is 1.56 bits per heavy atom. The Morgan fingerprint density at radius 3 is 3.00 bits per heavy atom. The number of phenolic OH excluding ortho intramolecular Hbond substituents is 1. The Bertz CT molecular complexity index is 595. The maximum Gasteiger partial charge on any atom is 0.420 e. The van der Waals surface area contributed by atoms with Gasteiger partial charge in [-0.25, -0.2) is 4.79 Å². The van der Waals surface area contributed by atoms with Crippen LogP contribution in [0.2, 0.25) is 0 Å². The normalized spacial score (nSPS) is 10.6. The van der Waals surface area contributed by atoms with E-state index in [9.17, 15) is 14.7 Å². The molecule has 6 nitrogen and oxygen atoms in total. The first-order valence-corrected chi connectivity index (χ1v) is 4.51. The second-order valence-electron chi connectivity index (χ2n) is 3.18. The van der Waals surface area contributed by atoms with Gasteiger partial charge in [0.05, 0.1) is 12.6 Å². The number of esters is 1. The fourth-order valence-electron chi connectivity index (χ4n) is 1.39. The molecular weight excluding hydrogens is 214 g/mol. The van der Waals surface area contributed by atoms with Gasteiger partial charge in [-0.15, -0.1) is 0 Å². The van der Waals surface area contributed by atoms with Crippen LogP contribution in [0.5, 0.6) is 5.75 Å².